The highest BCUT2D eigenvalue weighted by Crippen LogP contribution is 2.11. The Hall–Kier alpha value is -1.88. The van der Waals surface area contributed by atoms with E-state index < -0.39 is 5.91 Å². The molecule has 1 aromatic rings. The van der Waals surface area contributed by atoms with Crippen molar-refractivity contribution in [2.24, 2.45) is 0 Å². The number of anilines is 1. The van der Waals surface area contributed by atoms with Gasteiger partial charge in [0.25, 0.3) is 0 Å². The molecule has 2 rings (SSSR count). The van der Waals surface area contributed by atoms with Gasteiger partial charge in [0.15, 0.2) is 0 Å². The van der Waals surface area contributed by atoms with Crippen LogP contribution in [-0.2, 0) is 9.59 Å². The van der Waals surface area contributed by atoms with Gasteiger partial charge in [0, 0.05) is 36.5 Å². The second kappa shape index (κ2) is 6.33. The standard InChI is InChI=1S/C13H14ClN3O2/c14-10-5-6-15-11(9-10)16-12(18)3-4-13(19)17-7-1-2-8-17/h3-6,9H,1-2,7-8H2,(H,15,16,18). The Bertz CT molecular complexity index is 510. The number of rotatable bonds is 3. The highest BCUT2D eigenvalue weighted by atomic mass is 35.5. The van der Waals surface area contributed by atoms with Crippen LogP contribution in [0.1, 0.15) is 12.8 Å². The zero-order chi connectivity index (χ0) is 13.7. The molecule has 0 aromatic carbocycles. The summed E-state index contributed by atoms with van der Waals surface area (Å²) in [5.41, 5.74) is 0. The van der Waals surface area contributed by atoms with E-state index in [4.69, 9.17) is 11.6 Å². The summed E-state index contributed by atoms with van der Waals surface area (Å²) < 4.78 is 0. The third-order valence-electron chi connectivity index (χ3n) is 2.77. The molecule has 0 atom stereocenters. The van der Waals surface area contributed by atoms with Crippen LogP contribution in [0.5, 0.6) is 0 Å². The fourth-order valence-corrected chi connectivity index (χ4v) is 1.99. The third kappa shape index (κ3) is 4.06. The summed E-state index contributed by atoms with van der Waals surface area (Å²) >= 11 is 5.77. The van der Waals surface area contributed by atoms with Crippen LogP contribution in [0.2, 0.25) is 5.02 Å². The quantitative estimate of drug-likeness (QED) is 0.859. The summed E-state index contributed by atoms with van der Waals surface area (Å²) in [7, 11) is 0. The van der Waals surface area contributed by atoms with Gasteiger partial charge >= 0.3 is 0 Å². The predicted molar refractivity (Wildman–Crippen MR) is 72.8 cm³/mol. The molecular formula is C13H14ClN3O2. The Kier molecular flexibility index (Phi) is 4.52. The molecule has 0 unspecified atom stereocenters. The second-order valence-corrected chi connectivity index (χ2v) is 4.65. The van der Waals surface area contributed by atoms with Gasteiger partial charge in [-0.1, -0.05) is 11.6 Å². The molecule has 1 aromatic heterocycles. The predicted octanol–water partition coefficient (Wildman–Crippen LogP) is 1.85. The number of hydrogen-bond acceptors (Lipinski definition) is 3. The van der Waals surface area contributed by atoms with Crippen LogP contribution in [0.25, 0.3) is 0 Å². The third-order valence-corrected chi connectivity index (χ3v) is 3.00. The van der Waals surface area contributed by atoms with Crippen LogP contribution in [0, 0.1) is 0 Å². The van der Waals surface area contributed by atoms with Gasteiger partial charge in [-0.05, 0) is 25.0 Å². The summed E-state index contributed by atoms with van der Waals surface area (Å²) in [6.07, 6.45) is 6.04. The van der Waals surface area contributed by atoms with Gasteiger partial charge in [-0.3, -0.25) is 9.59 Å². The fraction of sp³-hybridized carbons (Fsp3) is 0.308. The van der Waals surface area contributed by atoms with E-state index in [0.29, 0.717) is 10.8 Å². The van der Waals surface area contributed by atoms with Gasteiger partial charge in [0.1, 0.15) is 5.82 Å². The fourth-order valence-electron chi connectivity index (χ4n) is 1.83. The van der Waals surface area contributed by atoms with Crippen molar-refractivity contribution in [3.05, 3.63) is 35.5 Å². The summed E-state index contributed by atoms with van der Waals surface area (Å²) in [6, 6.07) is 3.15. The van der Waals surface area contributed by atoms with E-state index in [2.05, 4.69) is 10.3 Å². The molecule has 2 amide bonds. The zero-order valence-corrected chi connectivity index (χ0v) is 11.1. The molecule has 0 radical (unpaired) electrons. The van der Waals surface area contributed by atoms with Gasteiger partial charge in [-0.25, -0.2) is 4.98 Å². The SMILES string of the molecule is O=C(C=CC(=O)N1CCCC1)Nc1cc(Cl)ccn1. The van der Waals surface area contributed by atoms with Gasteiger partial charge in [-0.15, -0.1) is 0 Å². The number of pyridine rings is 1. The van der Waals surface area contributed by atoms with Crippen LogP contribution in [0.3, 0.4) is 0 Å². The molecule has 1 saturated heterocycles. The largest absolute Gasteiger partial charge is 0.339 e. The van der Waals surface area contributed by atoms with Crippen molar-refractivity contribution >= 4 is 29.2 Å². The Morgan fingerprint density at radius 3 is 2.74 bits per heavy atom. The lowest BCUT2D eigenvalue weighted by Gasteiger charge is -2.11. The summed E-state index contributed by atoms with van der Waals surface area (Å²) in [5.74, 6) is -0.176. The first kappa shape index (κ1) is 13.5. The van der Waals surface area contributed by atoms with Crippen molar-refractivity contribution in [1.82, 2.24) is 9.88 Å². The van der Waals surface area contributed by atoms with E-state index in [9.17, 15) is 9.59 Å². The van der Waals surface area contributed by atoms with Crippen LogP contribution >= 0.6 is 11.6 Å². The maximum atomic E-state index is 11.7. The first-order valence-electron chi connectivity index (χ1n) is 6.05. The highest BCUT2D eigenvalue weighted by Gasteiger charge is 2.15. The van der Waals surface area contributed by atoms with E-state index in [1.165, 1.54) is 24.4 Å². The van der Waals surface area contributed by atoms with Crippen molar-refractivity contribution in [2.45, 2.75) is 12.8 Å². The number of amides is 2. The van der Waals surface area contributed by atoms with Gasteiger partial charge in [-0.2, -0.15) is 0 Å². The average Bonchev–Trinajstić information content (AvgIpc) is 2.90. The van der Waals surface area contributed by atoms with Crippen molar-refractivity contribution < 1.29 is 9.59 Å². The number of carbonyl (C=O) groups excluding carboxylic acids is 2. The first-order valence-corrected chi connectivity index (χ1v) is 6.42. The molecule has 1 N–H and O–H groups in total. The summed E-state index contributed by atoms with van der Waals surface area (Å²) in [5, 5.41) is 3.03. The molecule has 0 bridgehead atoms. The molecule has 19 heavy (non-hydrogen) atoms. The van der Waals surface area contributed by atoms with E-state index >= 15 is 0 Å². The number of nitrogens with zero attached hydrogens (tertiary/aromatic N) is 2. The molecule has 0 saturated carbocycles. The Labute approximate surface area is 116 Å². The van der Waals surface area contributed by atoms with E-state index in [0.717, 1.165) is 25.9 Å². The number of nitrogens with one attached hydrogen (secondary N) is 1. The van der Waals surface area contributed by atoms with Crippen LogP contribution in [-0.4, -0.2) is 34.8 Å². The molecule has 2 heterocycles. The summed E-state index contributed by atoms with van der Waals surface area (Å²) in [6.45, 7) is 1.53. The van der Waals surface area contributed by atoms with E-state index in [1.54, 1.807) is 11.0 Å². The molecule has 1 fully saturated rings. The van der Waals surface area contributed by atoms with Crippen LogP contribution in [0.15, 0.2) is 30.5 Å². The lowest BCUT2D eigenvalue weighted by atomic mass is 10.4. The van der Waals surface area contributed by atoms with Crippen molar-refractivity contribution in [2.75, 3.05) is 18.4 Å². The van der Waals surface area contributed by atoms with Gasteiger partial charge in [0.05, 0.1) is 0 Å². The lowest BCUT2D eigenvalue weighted by molar-refractivity contribution is -0.125. The second-order valence-electron chi connectivity index (χ2n) is 4.21. The molecule has 100 valence electrons. The average molecular weight is 280 g/mol. The smallest absolute Gasteiger partial charge is 0.249 e. The number of carbonyl (C=O) groups is 2. The van der Waals surface area contributed by atoms with Crippen molar-refractivity contribution in [1.29, 1.82) is 0 Å². The monoisotopic (exact) mass is 279 g/mol. The number of aromatic nitrogens is 1. The van der Waals surface area contributed by atoms with Crippen molar-refractivity contribution in [3.63, 3.8) is 0 Å². The molecular weight excluding hydrogens is 266 g/mol. The number of likely N-dealkylation sites (tertiary alicyclic amines) is 1. The minimum Gasteiger partial charge on any atom is -0.339 e. The lowest BCUT2D eigenvalue weighted by Crippen LogP contribution is -2.26. The molecule has 0 spiro atoms. The normalized spacial score (nSPS) is 14.9. The highest BCUT2D eigenvalue weighted by molar-refractivity contribution is 6.30. The molecule has 1 aliphatic rings. The maximum absolute atomic E-state index is 11.7. The maximum Gasteiger partial charge on any atom is 0.249 e. The van der Waals surface area contributed by atoms with Crippen LogP contribution < -0.4 is 5.32 Å². The van der Waals surface area contributed by atoms with Gasteiger partial charge < -0.3 is 10.2 Å². The van der Waals surface area contributed by atoms with E-state index in [1.807, 2.05) is 0 Å². The number of halogens is 1. The minimum absolute atomic E-state index is 0.133. The summed E-state index contributed by atoms with van der Waals surface area (Å²) in [4.78, 5) is 28.9. The molecule has 1 aliphatic heterocycles. The minimum atomic E-state index is -0.401. The van der Waals surface area contributed by atoms with Crippen molar-refractivity contribution in [3.8, 4) is 0 Å². The molecule has 0 aliphatic carbocycles. The number of hydrogen-bond donors (Lipinski definition) is 1. The first-order chi connectivity index (χ1) is 9.15. The zero-order valence-electron chi connectivity index (χ0n) is 10.3. The van der Waals surface area contributed by atoms with Gasteiger partial charge in [0.2, 0.25) is 11.8 Å². The van der Waals surface area contributed by atoms with Crippen LogP contribution in [0.4, 0.5) is 5.82 Å². The Morgan fingerprint density at radius 2 is 2.05 bits per heavy atom. The molecule has 5 nitrogen and oxygen atoms in total. The Morgan fingerprint density at radius 1 is 1.32 bits per heavy atom. The molecule has 6 heteroatoms. The topological polar surface area (TPSA) is 62.3 Å². The Balaban J connectivity index is 1.88. The van der Waals surface area contributed by atoms with E-state index in [-0.39, 0.29) is 5.91 Å².